The molecule has 2 heterocycles. The Labute approximate surface area is 180 Å². The molecule has 2 aromatic rings. The van der Waals surface area contributed by atoms with Crippen LogP contribution in [0.25, 0.3) is 0 Å². The molecule has 1 aliphatic rings. The number of carbonyl (C=O) groups excluding carboxylic acids is 2. The number of guanidine groups is 1. The van der Waals surface area contributed by atoms with Gasteiger partial charge in [0.05, 0.1) is 24.8 Å². The van der Waals surface area contributed by atoms with Gasteiger partial charge in [-0.15, -0.1) is 0 Å². The van der Waals surface area contributed by atoms with Crippen LogP contribution in [0.3, 0.4) is 0 Å². The molecular weight excluding hydrogens is 400 g/mol. The van der Waals surface area contributed by atoms with E-state index in [1.807, 2.05) is 31.2 Å². The first kappa shape index (κ1) is 22.2. The summed E-state index contributed by atoms with van der Waals surface area (Å²) in [6.07, 6.45) is 1.61. The fraction of sp³-hybridized carbons (Fsp3) is 0.381. The standard InChI is InChI=1S/C21H26N6O4/c1-21(11-17(29)27(2)20(23)26-21)14-6-4-5-13(9-14)10-15(28)18-19(22)25-16(12-24-18)31-8-7-30-3/h4-6,9,12H,7-8,10-11H2,1-3H3,(H2,22,25)(H2,23,26). The molecule has 1 unspecified atom stereocenters. The second-order valence-electron chi connectivity index (χ2n) is 7.46. The first-order valence-electron chi connectivity index (χ1n) is 9.72. The maximum atomic E-state index is 12.8. The molecule has 0 saturated heterocycles. The number of ketones is 1. The molecule has 1 aliphatic heterocycles. The Kier molecular flexibility index (Phi) is 6.50. The fourth-order valence-electron chi connectivity index (χ4n) is 3.26. The van der Waals surface area contributed by atoms with E-state index in [-0.39, 0.29) is 47.9 Å². The second-order valence-corrected chi connectivity index (χ2v) is 7.46. The summed E-state index contributed by atoms with van der Waals surface area (Å²) in [6, 6.07) is 7.35. The van der Waals surface area contributed by atoms with Crippen LogP contribution in [0, 0.1) is 0 Å². The molecular formula is C21H26N6O4. The van der Waals surface area contributed by atoms with Gasteiger partial charge in [0, 0.05) is 20.6 Å². The molecule has 1 aromatic carbocycles. The van der Waals surface area contributed by atoms with Crippen molar-refractivity contribution in [2.24, 2.45) is 10.7 Å². The molecule has 0 radical (unpaired) electrons. The summed E-state index contributed by atoms with van der Waals surface area (Å²) in [4.78, 5) is 39.0. The number of nitrogen functional groups attached to an aromatic ring is 1. The minimum absolute atomic E-state index is 0.00122. The lowest BCUT2D eigenvalue weighted by molar-refractivity contribution is -0.128. The van der Waals surface area contributed by atoms with E-state index in [2.05, 4.69) is 15.0 Å². The Bertz CT molecular complexity index is 1020. The quantitative estimate of drug-likeness (QED) is 0.468. The van der Waals surface area contributed by atoms with E-state index in [0.717, 1.165) is 11.1 Å². The highest BCUT2D eigenvalue weighted by Crippen LogP contribution is 2.33. The monoisotopic (exact) mass is 426 g/mol. The van der Waals surface area contributed by atoms with Gasteiger partial charge in [-0.2, -0.15) is 4.98 Å². The zero-order valence-electron chi connectivity index (χ0n) is 17.8. The molecule has 0 aliphatic carbocycles. The maximum Gasteiger partial charge on any atom is 0.234 e. The number of benzene rings is 1. The lowest BCUT2D eigenvalue weighted by Crippen LogP contribution is -2.47. The molecule has 10 heteroatoms. The third-order valence-electron chi connectivity index (χ3n) is 5.07. The molecule has 31 heavy (non-hydrogen) atoms. The predicted octanol–water partition coefficient (Wildman–Crippen LogP) is 0.901. The third kappa shape index (κ3) is 4.97. The molecule has 0 bridgehead atoms. The number of anilines is 1. The van der Waals surface area contributed by atoms with E-state index < -0.39 is 5.54 Å². The Morgan fingerprint density at radius 3 is 2.74 bits per heavy atom. The topological polar surface area (TPSA) is 146 Å². The molecule has 0 fully saturated rings. The Hall–Kier alpha value is -3.53. The fourth-order valence-corrected chi connectivity index (χ4v) is 3.26. The molecule has 0 spiro atoms. The van der Waals surface area contributed by atoms with Crippen LogP contribution in [-0.2, 0) is 21.5 Å². The van der Waals surface area contributed by atoms with E-state index in [9.17, 15) is 9.59 Å². The van der Waals surface area contributed by atoms with Gasteiger partial charge in [-0.05, 0) is 18.1 Å². The summed E-state index contributed by atoms with van der Waals surface area (Å²) in [7, 11) is 3.15. The van der Waals surface area contributed by atoms with Gasteiger partial charge in [-0.3, -0.25) is 14.5 Å². The molecule has 1 amide bonds. The number of hydrogen-bond acceptors (Lipinski definition) is 9. The predicted molar refractivity (Wildman–Crippen MR) is 115 cm³/mol. The molecule has 164 valence electrons. The number of hydrogen-bond donors (Lipinski definition) is 2. The number of nitrogens with zero attached hydrogens (tertiary/aromatic N) is 4. The van der Waals surface area contributed by atoms with Gasteiger partial charge in [-0.25, -0.2) is 9.98 Å². The average molecular weight is 426 g/mol. The van der Waals surface area contributed by atoms with Crippen molar-refractivity contribution in [3.8, 4) is 5.88 Å². The SMILES string of the molecule is COCCOc1cnc(C(=O)Cc2cccc(C3(C)CC(=O)N(C)C(N)=N3)c2)c(N)n1. The van der Waals surface area contributed by atoms with E-state index in [1.54, 1.807) is 14.2 Å². The van der Waals surface area contributed by atoms with Gasteiger partial charge in [-0.1, -0.05) is 24.3 Å². The zero-order chi connectivity index (χ0) is 22.6. The number of amides is 1. The van der Waals surface area contributed by atoms with Crippen molar-refractivity contribution in [3.05, 3.63) is 47.3 Å². The lowest BCUT2D eigenvalue weighted by Gasteiger charge is -2.33. The lowest BCUT2D eigenvalue weighted by atomic mass is 9.86. The van der Waals surface area contributed by atoms with Crippen molar-refractivity contribution in [1.82, 2.24) is 14.9 Å². The summed E-state index contributed by atoms with van der Waals surface area (Å²) in [5.74, 6) is -0.00800. The normalized spacial score (nSPS) is 18.6. The van der Waals surface area contributed by atoms with Crippen molar-refractivity contribution in [2.75, 3.05) is 33.1 Å². The number of methoxy groups -OCH3 is 1. The van der Waals surface area contributed by atoms with Crippen LogP contribution in [0.2, 0.25) is 0 Å². The van der Waals surface area contributed by atoms with E-state index in [0.29, 0.717) is 13.2 Å². The molecule has 10 nitrogen and oxygen atoms in total. The molecule has 0 saturated carbocycles. The van der Waals surface area contributed by atoms with E-state index >= 15 is 0 Å². The van der Waals surface area contributed by atoms with Gasteiger partial charge in [0.25, 0.3) is 0 Å². The van der Waals surface area contributed by atoms with Crippen LogP contribution < -0.4 is 16.2 Å². The second kappa shape index (κ2) is 9.09. The Balaban J connectivity index is 1.77. The number of aromatic nitrogens is 2. The largest absolute Gasteiger partial charge is 0.474 e. The molecule has 1 aromatic heterocycles. The van der Waals surface area contributed by atoms with Crippen LogP contribution in [0.5, 0.6) is 5.88 Å². The van der Waals surface area contributed by atoms with Crippen molar-refractivity contribution in [3.63, 3.8) is 0 Å². The summed E-state index contributed by atoms with van der Waals surface area (Å²) in [5, 5.41) is 0. The first-order chi connectivity index (χ1) is 14.7. The van der Waals surface area contributed by atoms with Gasteiger partial charge < -0.3 is 20.9 Å². The van der Waals surface area contributed by atoms with Crippen LogP contribution in [0.15, 0.2) is 35.5 Å². The van der Waals surface area contributed by atoms with Crippen LogP contribution in [0.1, 0.15) is 35.0 Å². The summed E-state index contributed by atoms with van der Waals surface area (Å²) >= 11 is 0. The van der Waals surface area contributed by atoms with Gasteiger partial charge in [0.2, 0.25) is 11.8 Å². The van der Waals surface area contributed by atoms with Crippen LogP contribution in [0.4, 0.5) is 5.82 Å². The number of rotatable bonds is 8. The third-order valence-corrected chi connectivity index (χ3v) is 5.07. The van der Waals surface area contributed by atoms with Gasteiger partial charge in [0.15, 0.2) is 17.6 Å². The minimum Gasteiger partial charge on any atom is -0.474 e. The van der Waals surface area contributed by atoms with Crippen molar-refractivity contribution in [1.29, 1.82) is 0 Å². The van der Waals surface area contributed by atoms with Crippen molar-refractivity contribution in [2.45, 2.75) is 25.3 Å². The van der Waals surface area contributed by atoms with Crippen molar-refractivity contribution >= 4 is 23.5 Å². The number of ether oxygens (including phenoxy) is 2. The van der Waals surface area contributed by atoms with Crippen molar-refractivity contribution < 1.29 is 19.1 Å². The highest BCUT2D eigenvalue weighted by molar-refractivity contribution is 6.00. The van der Waals surface area contributed by atoms with Crippen LogP contribution >= 0.6 is 0 Å². The maximum absolute atomic E-state index is 12.8. The molecule has 3 rings (SSSR count). The van der Waals surface area contributed by atoms with Crippen LogP contribution in [-0.4, -0.2) is 59.9 Å². The number of carbonyl (C=O) groups is 2. The highest BCUT2D eigenvalue weighted by Gasteiger charge is 2.36. The summed E-state index contributed by atoms with van der Waals surface area (Å²) in [6.45, 7) is 2.54. The number of nitrogens with two attached hydrogens (primary N) is 2. The smallest absolute Gasteiger partial charge is 0.234 e. The van der Waals surface area contributed by atoms with Gasteiger partial charge >= 0.3 is 0 Å². The van der Waals surface area contributed by atoms with E-state index in [4.69, 9.17) is 20.9 Å². The minimum atomic E-state index is -0.799. The Morgan fingerprint density at radius 2 is 2.06 bits per heavy atom. The number of aliphatic imine (C=N–C) groups is 1. The molecule has 4 N–H and O–H groups in total. The summed E-state index contributed by atoms with van der Waals surface area (Å²) < 4.78 is 10.3. The van der Waals surface area contributed by atoms with Gasteiger partial charge in [0.1, 0.15) is 12.3 Å². The first-order valence-corrected chi connectivity index (χ1v) is 9.72. The molecule has 1 atom stereocenters. The zero-order valence-corrected chi connectivity index (χ0v) is 17.8. The summed E-state index contributed by atoms with van der Waals surface area (Å²) in [5.41, 5.74) is 12.6. The highest BCUT2D eigenvalue weighted by atomic mass is 16.5. The number of Topliss-reactive ketones (excluding diaryl/α,β-unsaturated/α-hetero) is 1. The van der Waals surface area contributed by atoms with E-state index in [1.165, 1.54) is 11.1 Å². The Morgan fingerprint density at radius 1 is 1.29 bits per heavy atom. The average Bonchev–Trinajstić information content (AvgIpc) is 2.72.